The summed E-state index contributed by atoms with van der Waals surface area (Å²) in [4.78, 5) is 2.43. The number of aliphatic hydroxyl groups is 1. The van der Waals surface area contributed by atoms with Gasteiger partial charge in [0, 0.05) is 37.4 Å². The average Bonchev–Trinajstić information content (AvgIpc) is 2.97. The normalized spacial score (nSPS) is 21.3. The Bertz CT molecular complexity index is 634. The van der Waals surface area contributed by atoms with Gasteiger partial charge in [-0.1, -0.05) is 30.7 Å². The molecule has 1 fully saturated rings. The van der Waals surface area contributed by atoms with Crippen LogP contribution in [0.3, 0.4) is 0 Å². The van der Waals surface area contributed by atoms with Crippen molar-refractivity contribution in [3.8, 4) is 0 Å². The maximum Gasteiger partial charge on any atom is 0.0862 e. The van der Waals surface area contributed by atoms with E-state index in [1.165, 1.54) is 24.8 Å². The molecule has 1 spiro atoms. The first-order valence-corrected chi connectivity index (χ1v) is 8.21. The molecular formula is C18H23N3O. The number of nitrogens with zero attached hydrogens (tertiary/aromatic N) is 3. The Morgan fingerprint density at radius 3 is 2.77 bits per heavy atom. The van der Waals surface area contributed by atoms with Crippen molar-refractivity contribution in [3.63, 3.8) is 0 Å². The van der Waals surface area contributed by atoms with E-state index in [0.717, 1.165) is 19.6 Å². The fourth-order valence-corrected chi connectivity index (χ4v) is 4.13. The lowest BCUT2D eigenvalue weighted by molar-refractivity contribution is 0.0521. The zero-order chi connectivity index (χ0) is 15.0. The highest BCUT2D eigenvalue weighted by Gasteiger charge is 2.44. The molecule has 1 aliphatic carbocycles. The lowest BCUT2D eigenvalue weighted by Gasteiger charge is -2.50. The molecular weight excluding hydrogens is 274 g/mol. The summed E-state index contributed by atoms with van der Waals surface area (Å²) in [5.74, 6) is 0. The van der Waals surface area contributed by atoms with Gasteiger partial charge in [-0.15, -0.1) is 0 Å². The molecule has 1 aliphatic heterocycles. The molecule has 0 saturated heterocycles. The van der Waals surface area contributed by atoms with Gasteiger partial charge in [0.15, 0.2) is 0 Å². The number of hydrogen-bond acceptors (Lipinski definition) is 3. The number of β-amino-alcohol motifs (C(OH)–C–C–N with tert-alkyl or cyclic N) is 1. The first-order chi connectivity index (χ1) is 10.8. The van der Waals surface area contributed by atoms with Crippen LogP contribution in [0.4, 0.5) is 0 Å². The summed E-state index contributed by atoms with van der Waals surface area (Å²) in [6.07, 6.45) is 7.20. The van der Waals surface area contributed by atoms with Gasteiger partial charge >= 0.3 is 0 Å². The van der Waals surface area contributed by atoms with E-state index in [1.54, 1.807) is 11.8 Å². The van der Waals surface area contributed by atoms with E-state index in [9.17, 15) is 5.11 Å². The maximum atomic E-state index is 10.4. The van der Waals surface area contributed by atoms with Gasteiger partial charge in [0.25, 0.3) is 0 Å². The smallest absolute Gasteiger partial charge is 0.0862 e. The van der Waals surface area contributed by atoms with Crippen molar-refractivity contribution in [1.29, 1.82) is 0 Å². The molecule has 0 amide bonds. The van der Waals surface area contributed by atoms with E-state index in [4.69, 9.17) is 0 Å². The Labute approximate surface area is 131 Å². The highest BCUT2D eigenvalue weighted by atomic mass is 16.3. The molecule has 2 aromatic rings. The third-order valence-electron chi connectivity index (χ3n) is 5.25. The van der Waals surface area contributed by atoms with Crippen molar-refractivity contribution in [2.45, 2.75) is 43.9 Å². The van der Waals surface area contributed by atoms with Crippen molar-refractivity contribution < 1.29 is 5.11 Å². The minimum absolute atomic E-state index is 0.347. The van der Waals surface area contributed by atoms with Crippen LogP contribution in [0.1, 0.15) is 30.4 Å². The monoisotopic (exact) mass is 297 g/mol. The molecule has 1 N–H and O–H groups in total. The van der Waals surface area contributed by atoms with Crippen LogP contribution in [0.5, 0.6) is 0 Å². The number of aromatic nitrogens is 2. The molecule has 2 aliphatic rings. The summed E-state index contributed by atoms with van der Waals surface area (Å²) in [6, 6.07) is 10.8. The Balaban J connectivity index is 1.48. The van der Waals surface area contributed by atoms with Gasteiger partial charge in [-0.05, 0) is 30.0 Å². The highest BCUT2D eigenvalue weighted by molar-refractivity contribution is 5.38. The second kappa shape index (κ2) is 5.52. The quantitative estimate of drug-likeness (QED) is 0.940. The summed E-state index contributed by atoms with van der Waals surface area (Å²) < 4.78 is 1.81. The third-order valence-corrected chi connectivity index (χ3v) is 5.25. The molecule has 0 radical (unpaired) electrons. The van der Waals surface area contributed by atoms with E-state index in [0.29, 0.717) is 12.0 Å². The summed E-state index contributed by atoms with van der Waals surface area (Å²) in [7, 11) is 0. The van der Waals surface area contributed by atoms with Crippen molar-refractivity contribution in [1.82, 2.24) is 14.7 Å². The van der Waals surface area contributed by atoms with Gasteiger partial charge in [-0.2, -0.15) is 5.10 Å². The Morgan fingerprint density at radius 2 is 2.05 bits per heavy atom. The van der Waals surface area contributed by atoms with E-state index >= 15 is 0 Å². The topological polar surface area (TPSA) is 41.3 Å². The molecule has 2 heterocycles. The van der Waals surface area contributed by atoms with Crippen LogP contribution in [0, 0.1) is 0 Å². The number of hydrogen-bond donors (Lipinski definition) is 1. The number of aliphatic hydroxyl groups excluding tert-OH is 1. The number of benzene rings is 1. The first kappa shape index (κ1) is 14.0. The van der Waals surface area contributed by atoms with E-state index < -0.39 is 0 Å². The average molecular weight is 297 g/mol. The summed E-state index contributed by atoms with van der Waals surface area (Å²) in [6.45, 7) is 3.32. The van der Waals surface area contributed by atoms with E-state index in [1.807, 2.05) is 16.9 Å². The lowest BCUT2D eigenvalue weighted by atomic mass is 9.61. The standard InChI is InChI=1S/C18H23N3O/c22-16(13-21-10-4-9-19-21)12-20-11-15-5-1-2-6-17(15)18(14-20)7-3-8-18/h1-2,4-6,9-10,16,22H,3,7-8,11-14H2. The maximum absolute atomic E-state index is 10.4. The molecule has 1 aromatic carbocycles. The minimum Gasteiger partial charge on any atom is -0.390 e. The zero-order valence-electron chi connectivity index (χ0n) is 12.9. The lowest BCUT2D eigenvalue weighted by Crippen LogP contribution is -2.51. The van der Waals surface area contributed by atoms with Gasteiger partial charge in [0.1, 0.15) is 0 Å². The molecule has 4 nitrogen and oxygen atoms in total. The second-order valence-corrected chi connectivity index (χ2v) is 6.84. The molecule has 1 atom stereocenters. The van der Waals surface area contributed by atoms with Crippen LogP contribution in [0.25, 0.3) is 0 Å². The highest BCUT2D eigenvalue weighted by Crippen LogP contribution is 2.48. The summed E-state index contributed by atoms with van der Waals surface area (Å²) in [5, 5.41) is 14.6. The molecule has 22 heavy (non-hydrogen) atoms. The van der Waals surface area contributed by atoms with Gasteiger partial charge < -0.3 is 5.11 Å². The van der Waals surface area contributed by atoms with Crippen molar-refractivity contribution >= 4 is 0 Å². The van der Waals surface area contributed by atoms with Crippen molar-refractivity contribution in [2.75, 3.05) is 13.1 Å². The third kappa shape index (κ3) is 2.46. The molecule has 4 rings (SSSR count). The van der Waals surface area contributed by atoms with Gasteiger partial charge in [-0.25, -0.2) is 0 Å². The summed E-state index contributed by atoms with van der Waals surface area (Å²) >= 11 is 0. The van der Waals surface area contributed by atoms with Crippen LogP contribution in [0.15, 0.2) is 42.7 Å². The zero-order valence-corrected chi connectivity index (χ0v) is 12.9. The van der Waals surface area contributed by atoms with Crippen LogP contribution in [0.2, 0.25) is 0 Å². The van der Waals surface area contributed by atoms with Gasteiger partial charge in [-0.3, -0.25) is 9.58 Å². The molecule has 1 aromatic heterocycles. The molecule has 116 valence electrons. The van der Waals surface area contributed by atoms with Crippen molar-refractivity contribution in [3.05, 3.63) is 53.9 Å². The Kier molecular flexibility index (Phi) is 3.51. The van der Waals surface area contributed by atoms with Gasteiger partial charge in [0.2, 0.25) is 0 Å². The van der Waals surface area contributed by atoms with E-state index in [-0.39, 0.29) is 6.10 Å². The number of rotatable bonds is 4. The molecule has 0 bridgehead atoms. The minimum atomic E-state index is -0.373. The fourth-order valence-electron chi connectivity index (χ4n) is 4.13. The van der Waals surface area contributed by atoms with Crippen LogP contribution in [-0.4, -0.2) is 39.0 Å². The van der Waals surface area contributed by atoms with Gasteiger partial charge in [0.05, 0.1) is 12.6 Å². The van der Waals surface area contributed by atoms with Crippen LogP contribution < -0.4 is 0 Å². The Morgan fingerprint density at radius 1 is 1.18 bits per heavy atom. The molecule has 1 unspecified atom stereocenters. The first-order valence-electron chi connectivity index (χ1n) is 8.21. The number of fused-ring (bicyclic) bond motifs is 2. The predicted octanol–water partition coefficient (Wildman–Crippen LogP) is 2.18. The largest absolute Gasteiger partial charge is 0.390 e. The summed E-state index contributed by atoms with van der Waals surface area (Å²) in [5.41, 5.74) is 3.35. The Hall–Kier alpha value is -1.65. The molecule has 1 saturated carbocycles. The second-order valence-electron chi connectivity index (χ2n) is 6.84. The predicted molar refractivity (Wildman–Crippen MR) is 85.5 cm³/mol. The van der Waals surface area contributed by atoms with E-state index in [2.05, 4.69) is 34.3 Å². The van der Waals surface area contributed by atoms with Crippen LogP contribution in [-0.2, 0) is 18.5 Å². The fraction of sp³-hybridized carbons (Fsp3) is 0.500. The van der Waals surface area contributed by atoms with Crippen LogP contribution >= 0.6 is 0 Å². The molecule has 4 heteroatoms. The SMILES string of the molecule is OC(CN1Cc2ccccc2C2(CCC2)C1)Cn1cccn1. The van der Waals surface area contributed by atoms with Crippen molar-refractivity contribution in [2.24, 2.45) is 0 Å².